The number of hydrogen-bond donors (Lipinski definition) is 2. The number of carboxylic acid groups (broad SMARTS) is 1. The highest BCUT2D eigenvalue weighted by Crippen LogP contribution is 2.27. The van der Waals surface area contributed by atoms with E-state index in [2.05, 4.69) is 21.2 Å². The Kier molecular flexibility index (Phi) is 4.19. The van der Waals surface area contributed by atoms with Crippen LogP contribution in [0, 0.1) is 5.82 Å². The first-order valence-electron chi connectivity index (χ1n) is 5.66. The third-order valence-corrected chi connectivity index (χ3v) is 3.63. The van der Waals surface area contributed by atoms with Crippen molar-refractivity contribution in [2.24, 2.45) is 0 Å². The molecule has 2 N–H and O–H groups in total. The topological polar surface area (TPSA) is 58.6 Å². The van der Waals surface area contributed by atoms with E-state index in [4.69, 9.17) is 9.84 Å². The Morgan fingerprint density at radius 2 is 2.39 bits per heavy atom. The van der Waals surface area contributed by atoms with Gasteiger partial charge in [-0.1, -0.05) is 0 Å². The first kappa shape index (κ1) is 13.3. The number of anilines is 1. The predicted molar refractivity (Wildman–Crippen MR) is 68.5 cm³/mol. The van der Waals surface area contributed by atoms with Crippen molar-refractivity contribution in [2.75, 3.05) is 18.5 Å². The molecular formula is C12H13BrFNO3. The van der Waals surface area contributed by atoms with E-state index in [0.29, 0.717) is 6.54 Å². The number of hydrogen-bond acceptors (Lipinski definition) is 3. The molecule has 1 unspecified atom stereocenters. The van der Waals surface area contributed by atoms with Gasteiger partial charge in [-0.3, -0.25) is 0 Å². The van der Waals surface area contributed by atoms with Gasteiger partial charge < -0.3 is 15.2 Å². The lowest BCUT2D eigenvalue weighted by Gasteiger charge is -2.13. The zero-order valence-electron chi connectivity index (χ0n) is 9.58. The molecule has 1 heterocycles. The van der Waals surface area contributed by atoms with Crippen LogP contribution in [0.2, 0.25) is 0 Å². The lowest BCUT2D eigenvalue weighted by Crippen LogP contribution is -2.19. The van der Waals surface area contributed by atoms with Gasteiger partial charge in [0.05, 0.1) is 21.8 Å². The van der Waals surface area contributed by atoms with Gasteiger partial charge in [0.1, 0.15) is 0 Å². The van der Waals surface area contributed by atoms with Crippen molar-refractivity contribution in [1.82, 2.24) is 0 Å². The monoisotopic (exact) mass is 317 g/mol. The van der Waals surface area contributed by atoms with E-state index in [1.807, 2.05) is 0 Å². The molecule has 2 rings (SSSR count). The van der Waals surface area contributed by atoms with Crippen LogP contribution < -0.4 is 5.32 Å². The summed E-state index contributed by atoms with van der Waals surface area (Å²) in [5.41, 5.74) is 0.192. The third-order valence-electron chi connectivity index (χ3n) is 2.86. The second kappa shape index (κ2) is 5.67. The number of aromatic carboxylic acids is 1. The van der Waals surface area contributed by atoms with Crippen LogP contribution in [0.15, 0.2) is 16.6 Å². The van der Waals surface area contributed by atoms with Crippen LogP contribution in [-0.4, -0.2) is 30.3 Å². The molecule has 1 fully saturated rings. The minimum absolute atomic E-state index is 0.0349. The first-order chi connectivity index (χ1) is 8.59. The van der Waals surface area contributed by atoms with E-state index in [1.165, 1.54) is 12.1 Å². The molecule has 1 saturated heterocycles. The molecule has 1 aromatic rings. The standard InChI is InChI=1S/C12H13BrFNO3/c13-10-8(12(16)17)3-4-9(11(10)14)15-6-7-2-1-5-18-7/h3-4,7,15H,1-2,5-6H2,(H,16,17). The SMILES string of the molecule is O=C(O)c1ccc(NCC2CCCO2)c(F)c1Br. The fraction of sp³-hybridized carbons (Fsp3) is 0.417. The summed E-state index contributed by atoms with van der Waals surface area (Å²) < 4.78 is 19.3. The van der Waals surface area contributed by atoms with Gasteiger partial charge in [-0.05, 0) is 40.9 Å². The summed E-state index contributed by atoms with van der Waals surface area (Å²) >= 11 is 2.96. The molecule has 1 aromatic carbocycles. The van der Waals surface area contributed by atoms with E-state index in [-0.39, 0.29) is 21.8 Å². The smallest absolute Gasteiger partial charge is 0.336 e. The van der Waals surface area contributed by atoms with Gasteiger partial charge in [0.15, 0.2) is 5.82 Å². The van der Waals surface area contributed by atoms with Crippen LogP contribution in [0.4, 0.5) is 10.1 Å². The maximum absolute atomic E-state index is 13.9. The molecule has 6 heteroatoms. The minimum Gasteiger partial charge on any atom is -0.478 e. The fourth-order valence-electron chi connectivity index (χ4n) is 1.88. The van der Waals surface area contributed by atoms with Crippen molar-refractivity contribution >= 4 is 27.6 Å². The maximum atomic E-state index is 13.9. The predicted octanol–water partition coefficient (Wildman–Crippen LogP) is 2.88. The summed E-state index contributed by atoms with van der Waals surface area (Å²) in [5.74, 6) is -1.75. The third kappa shape index (κ3) is 2.81. The van der Waals surface area contributed by atoms with Crippen LogP contribution >= 0.6 is 15.9 Å². The Hall–Kier alpha value is -1.14. The molecule has 4 nitrogen and oxygen atoms in total. The number of halogens is 2. The molecule has 18 heavy (non-hydrogen) atoms. The lowest BCUT2D eigenvalue weighted by atomic mass is 10.2. The molecule has 0 saturated carbocycles. The van der Waals surface area contributed by atoms with Crippen LogP contribution in [0.3, 0.4) is 0 Å². The zero-order valence-corrected chi connectivity index (χ0v) is 11.2. The number of rotatable bonds is 4. The van der Waals surface area contributed by atoms with Crippen LogP contribution in [-0.2, 0) is 4.74 Å². The van der Waals surface area contributed by atoms with Gasteiger partial charge in [0.25, 0.3) is 0 Å². The molecule has 98 valence electrons. The number of carboxylic acids is 1. The molecular weight excluding hydrogens is 305 g/mol. The average Bonchev–Trinajstić information content (AvgIpc) is 2.83. The average molecular weight is 318 g/mol. The number of benzene rings is 1. The van der Waals surface area contributed by atoms with E-state index in [9.17, 15) is 9.18 Å². The normalized spacial score (nSPS) is 18.9. The largest absolute Gasteiger partial charge is 0.478 e. The summed E-state index contributed by atoms with van der Waals surface area (Å²) in [4.78, 5) is 10.8. The second-order valence-corrected chi connectivity index (χ2v) is 4.90. The zero-order chi connectivity index (χ0) is 13.1. The van der Waals surface area contributed by atoms with Gasteiger partial charge in [-0.15, -0.1) is 0 Å². The molecule has 0 bridgehead atoms. The van der Waals surface area contributed by atoms with Gasteiger partial charge in [0, 0.05) is 13.2 Å². The Morgan fingerprint density at radius 1 is 1.61 bits per heavy atom. The molecule has 0 aliphatic carbocycles. The highest BCUT2D eigenvalue weighted by atomic mass is 79.9. The van der Waals surface area contributed by atoms with Crippen molar-refractivity contribution in [3.63, 3.8) is 0 Å². The Labute approximate surface area is 112 Å². The van der Waals surface area contributed by atoms with Crippen LogP contribution in [0.5, 0.6) is 0 Å². The lowest BCUT2D eigenvalue weighted by molar-refractivity contribution is 0.0695. The molecule has 1 aliphatic heterocycles. The van der Waals surface area contributed by atoms with E-state index >= 15 is 0 Å². The van der Waals surface area contributed by atoms with Gasteiger partial charge in [0.2, 0.25) is 0 Å². The van der Waals surface area contributed by atoms with E-state index < -0.39 is 11.8 Å². The first-order valence-corrected chi connectivity index (χ1v) is 6.45. The van der Waals surface area contributed by atoms with Gasteiger partial charge in [-0.25, -0.2) is 9.18 Å². The Morgan fingerprint density at radius 3 is 3.00 bits per heavy atom. The highest BCUT2D eigenvalue weighted by molar-refractivity contribution is 9.10. The summed E-state index contributed by atoms with van der Waals surface area (Å²) in [6.07, 6.45) is 2.08. The van der Waals surface area contributed by atoms with E-state index in [0.717, 1.165) is 19.4 Å². The van der Waals surface area contributed by atoms with Crippen LogP contribution in [0.25, 0.3) is 0 Å². The maximum Gasteiger partial charge on any atom is 0.336 e. The summed E-state index contributed by atoms with van der Waals surface area (Å²) in [6, 6.07) is 2.80. The number of ether oxygens (including phenoxy) is 1. The quantitative estimate of drug-likeness (QED) is 0.896. The van der Waals surface area contributed by atoms with E-state index in [1.54, 1.807) is 0 Å². The second-order valence-electron chi connectivity index (χ2n) is 4.11. The molecule has 0 spiro atoms. The minimum atomic E-state index is -1.16. The van der Waals surface area contributed by atoms with Crippen molar-refractivity contribution < 1.29 is 19.0 Å². The Balaban J connectivity index is 2.09. The molecule has 1 atom stereocenters. The molecule has 0 aromatic heterocycles. The van der Waals surface area contributed by atoms with Gasteiger partial charge in [-0.2, -0.15) is 0 Å². The van der Waals surface area contributed by atoms with Crippen LogP contribution in [0.1, 0.15) is 23.2 Å². The summed E-state index contributed by atoms with van der Waals surface area (Å²) in [6.45, 7) is 1.27. The van der Waals surface area contributed by atoms with Gasteiger partial charge >= 0.3 is 5.97 Å². The molecule has 0 amide bonds. The highest BCUT2D eigenvalue weighted by Gasteiger charge is 2.18. The molecule has 1 aliphatic rings. The summed E-state index contributed by atoms with van der Waals surface area (Å²) in [5, 5.41) is 11.8. The fourth-order valence-corrected chi connectivity index (χ4v) is 2.40. The van der Waals surface area contributed by atoms with Crippen molar-refractivity contribution in [2.45, 2.75) is 18.9 Å². The Bertz CT molecular complexity index is 461. The number of carbonyl (C=O) groups is 1. The van der Waals surface area contributed by atoms with Crippen molar-refractivity contribution in [1.29, 1.82) is 0 Å². The van der Waals surface area contributed by atoms with Crippen molar-refractivity contribution in [3.8, 4) is 0 Å². The number of nitrogens with one attached hydrogen (secondary N) is 1. The van der Waals surface area contributed by atoms with Crippen molar-refractivity contribution in [3.05, 3.63) is 28.0 Å². The molecule has 0 radical (unpaired) electrons. The summed E-state index contributed by atoms with van der Waals surface area (Å²) in [7, 11) is 0.